The third kappa shape index (κ3) is 5.61. The number of hydrogen-bond acceptors (Lipinski definition) is 6. The van der Waals surface area contributed by atoms with Crippen molar-refractivity contribution in [2.45, 2.75) is 32.9 Å². The van der Waals surface area contributed by atoms with Crippen LogP contribution in [0.2, 0.25) is 0 Å². The number of ether oxygens (including phenoxy) is 1. The second-order valence-corrected chi connectivity index (χ2v) is 7.85. The van der Waals surface area contributed by atoms with Gasteiger partial charge in [-0.3, -0.25) is 19.3 Å². The van der Waals surface area contributed by atoms with E-state index in [1.807, 2.05) is 53.0 Å². The lowest BCUT2D eigenvalue weighted by atomic mass is 10.1. The Hall–Kier alpha value is -3.46. The fraction of sp³-hybridized carbons (Fsp3) is 0.391. The van der Waals surface area contributed by atoms with Crippen LogP contribution < -0.4 is 15.8 Å². The number of anilines is 1. The van der Waals surface area contributed by atoms with Crippen molar-refractivity contribution >= 4 is 11.9 Å². The highest BCUT2D eigenvalue weighted by Gasteiger charge is 2.16. The maximum atomic E-state index is 12.5. The summed E-state index contributed by atoms with van der Waals surface area (Å²) in [5.41, 5.74) is 3.20. The van der Waals surface area contributed by atoms with E-state index in [2.05, 4.69) is 20.4 Å². The minimum absolute atomic E-state index is 0.0957. The van der Waals surface area contributed by atoms with Crippen molar-refractivity contribution in [3.05, 3.63) is 75.5 Å². The summed E-state index contributed by atoms with van der Waals surface area (Å²) < 4.78 is 7.21. The fourth-order valence-corrected chi connectivity index (χ4v) is 3.69. The number of aromatic amines is 1. The maximum absolute atomic E-state index is 12.5. The molecule has 9 nitrogen and oxygen atoms in total. The first-order chi connectivity index (χ1) is 15.6. The first-order valence-electron chi connectivity index (χ1n) is 10.8. The number of amides is 1. The van der Waals surface area contributed by atoms with Gasteiger partial charge in [0.2, 0.25) is 11.9 Å². The van der Waals surface area contributed by atoms with Gasteiger partial charge in [0.15, 0.2) is 0 Å². The van der Waals surface area contributed by atoms with Crippen molar-refractivity contribution in [3.8, 4) is 0 Å². The lowest BCUT2D eigenvalue weighted by Crippen LogP contribution is -2.38. The Morgan fingerprint density at radius 2 is 1.94 bits per heavy atom. The van der Waals surface area contributed by atoms with Gasteiger partial charge in [0, 0.05) is 49.7 Å². The molecule has 1 amide bonds. The van der Waals surface area contributed by atoms with Crippen molar-refractivity contribution in [1.82, 2.24) is 25.1 Å². The second-order valence-electron chi connectivity index (χ2n) is 7.85. The van der Waals surface area contributed by atoms with Crippen LogP contribution in [0.5, 0.6) is 0 Å². The van der Waals surface area contributed by atoms with Gasteiger partial charge >= 0.3 is 0 Å². The molecule has 0 atom stereocenters. The molecule has 4 rings (SSSR count). The van der Waals surface area contributed by atoms with Crippen LogP contribution in [-0.4, -0.2) is 52.0 Å². The van der Waals surface area contributed by atoms with Gasteiger partial charge in [0.1, 0.15) is 0 Å². The molecular formula is C23H28N6O3. The molecule has 1 aliphatic rings. The summed E-state index contributed by atoms with van der Waals surface area (Å²) in [6.45, 7) is 5.63. The average molecular weight is 437 g/mol. The summed E-state index contributed by atoms with van der Waals surface area (Å²) in [6, 6.07) is 9.97. The smallest absolute Gasteiger partial charge is 0.255 e. The van der Waals surface area contributed by atoms with E-state index in [1.54, 1.807) is 6.20 Å². The Morgan fingerprint density at radius 3 is 2.62 bits per heavy atom. The molecule has 1 aliphatic heterocycles. The van der Waals surface area contributed by atoms with Crippen LogP contribution in [0.1, 0.15) is 28.8 Å². The number of morpholine rings is 1. The van der Waals surface area contributed by atoms with Gasteiger partial charge < -0.3 is 15.0 Å². The van der Waals surface area contributed by atoms with E-state index in [0.717, 1.165) is 11.1 Å². The number of nitrogens with zero attached hydrogens (tertiary/aromatic N) is 4. The van der Waals surface area contributed by atoms with Crippen LogP contribution in [0.25, 0.3) is 0 Å². The summed E-state index contributed by atoms with van der Waals surface area (Å²) in [6.07, 6.45) is 4.27. The topological polar surface area (TPSA) is 105 Å². The molecule has 0 unspecified atom stereocenters. The number of hydrogen-bond donors (Lipinski definition) is 2. The van der Waals surface area contributed by atoms with E-state index in [0.29, 0.717) is 63.0 Å². The van der Waals surface area contributed by atoms with Crippen molar-refractivity contribution < 1.29 is 9.53 Å². The molecular weight excluding hydrogens is 408 g/mol. The highest BCUT2D eigenvalue weighted by Crippen LogP contribution is 2.11. The first-order valence-corrected chi connectivity index (χ1v) is 10.8. The number of nitrogens with one attached hydrogen (secondary N) is 2. The molecule has 0 aliphatic carbocycles. The Morgan fingerprint density at radius 1 is 1.19 bits per heavy atom. The second kappa shape index (κ2) is 10.2. The van der Waals surface area contributed by atoms with Crippen LogP contribution >= 0.6 is 0 Å². The average Bonchev–Trinajstić information content (AvgIpc) is 3.31. The van der Waals surface area contributed by atoms with Crippen molar-refractivity contribution in [3.63, 3.8) is 0 Å². The van der Waals surface area contributed by atoms with Gasteiger partial charge in [-0.05, 0) is 30.5 Å². The summed E-state index contributed by atoms with van der Waals surface area (Å²) in [7, 11) is 0. The largest absolute Gasteiger partial charge is 0.378 e. The molecule has 0 bridgehead atoms. The lowest BCUT2D eigenvalue weighted by Gasteiger charge is -2.27. The third-order valence-electron chi connectivity index (χ3n) is 5.54. The molecule has 1 aromatic carbocycles. The summed E-state index contributed by atoms with van der Waals surface area (Å²) in [5, 5.41) is 7.13. The maximum Gasteiger partial charge on any atom is 0.255 e. The highest BCUT2D eigenvalue weighted by atomic mass is 16.5. The Bertz CT molecular complexity index is 1090. The highest BCUT2D eigenvalue weighted by molar-refractivity contribution is 5.76. The van der Waals surface area contributed by atoms with E-state index in [9.17, 15) is 9.59 Å². The van der Waals surface area contributed by atoms with Crippen LogP contribution in [0.15, 0.2) is 47.5 Å². The molecule has 0 saturated carbocycles. The van der Waals surface area contributed by atoms with Gasteiger partial charge in [-0.15, -0.1) is 0 Å². The summed E-state index contributed by atoms with van der Waals surface area (Å²) in [5.74, 6) is 0.474. The van der Waals surface area contributed by atoms with Crippen LogP contribution in [0, 0.1) is 6.92 Å². The van der Waals surface area contributed by atoms with E-state index in [-0.39, 0.29) is 17.9 Å². The van der Waals surface area contributed by atoms with E-state index in [1.165, 1.54) is 0 Å². The lowest BCUT2D eigenvalue weighted by molar-refractivity contribution is -0.121. The molecule has 0 spiro atoms. The molecule has 2 aromatic heterocycles. The number of benzene rings is 1. The van der Waals surface area contributed by atoms with Gasteiger partial charge in [0.25, 0.3) is 5.56 Å². The summed E-state index contributed by atoms with van der Waals surface area (Å²) >= 11 is 0. The zero-order chi connectivity index (χ0) is 22.3. The number of rotatable bonds is 8. The van der Waals surface area contributed by atoms with Crippen LogP contribution in [0.3, 0.4) is 0 Å². The molecule has 9 heteroatoms. The minimum atomic E-state index is -0.181. The minimum Gasteiger partial charge on any atom is -0.378 e. The van der Waals surface area contributed by atoms with E-state index in [4.69, 9.17) is 4.74 Å². The zero-order valence-electron chi connectivity index (χ0n) is 18.2. The molecule has 168 valence electrons. The fourth-order valence-electron chi connectivity index (χ4n) is 3.69. The third-order valence-corrected chi connectivity index (χ3v) is 5.54. The normalized spacial score (nSPS) is 13.8. The number of aryl methyl sites for hydroxylation is 1. The predicted molar refractivity (Wildman–Crippen MR) is 121 cm³/mol. The molecule has 0 radical (unpaired) electrons. The Balaban J connectivity index is 1.27. The van der Waals surface area contributed by atoms with Crippen molar-refractivity contribution in [2.75, 3.05) is 31.2 Å². The molecule has 2 N–H and O–H groups in total. The number of carbonyl (C=O) groups is 1. The number of H-pyrrole nitrogens is 1. The number of aromatic nitrogens is 4. The van der Waals surface area contributed by atoms with E-state index >= 15 is 0 Å². The molecule has 1 fully saturated rings. The summed E-state index contributed by atoms with van der Waals surface area (Å²) in [4.78, 5) is 34.3. The van der Waals surface area contributed by atoms with Crippen molar-refractivity contribution in [2.24, 2.45) is 0 Å². The Kier molecular flexibility index (Phi) is 6.96. The van der Waals surface area contributed by atoms with Gasteiger partial charge in [0.05, 0.1) is 19.8 Å². The number of carbonyl (C=O) groups excluding carboxylic acids is 1. The predicted octanol–water partition coefficient (Wildman–Crippen LogP) is 1.41. The van der Waals surface area contributed by atoms with Gasteiger partial charge in [-0.2, -0.15) is 5.10 Å². The molecule has 32 heavy (non-hydrogen) atoms. The monoisotopic (exact) mass is 436 g/mol. The van der Waals surface area contributed by atoms with E-state index < -0.39 is 0 Å². The zero-order valence-corrected chi connectivity index (χ0v) is 18.2. The van der Waals surface area contributed by atoms with Crippen LogP contribution in [-0.2, 0) is 29.0 Å². The van der Waals surface area contributed by atoms with Gasteiger partial charge in [-0.1, -0.05) is 24.3 Å². The van der Waals surface area contributed by atoms with Gasteiger partial charge in [-0.25, -0.2) is 4.98 Å². The quantitative estimate of drug-likeness (QED) is 0.553. The SMILES string of the molecule is Cc1nc(N2CCOCC2)[nH]c(=O)c1CCC(=O)NCc1ccc(Cn2cccn2)cc1. The standard InChI is InChI=1S/C23H28N6O3/c1-17-20(22(31)27-23(26-17)28-11-13-32-14-12-28)7-8-21(30)24-15-18-3-5-19(6-4-18)16-29-10-2-9-25-29/h2-6,9-10H,7-8,11-16H2,1H3,(H,24,30)(H,26,27,31). The first kappa shape index (κ1) is 21.8. The Labute approximate surface area is 186 Å². The molecule has 1 saturated heterocycles. The van der Waals surface area contributed by atoms with Crippen LogP contribution in [0.4, 0.5) is 5.95 Å². The molecule has 3 aromatic rings. The van der Waals surface area contributed by atoms with Crippen molar-refractivity contribution in [1.29, 1.82) is 0 Å². The molecule has 3 heterocycles.